The van der Waals surface area contributed by atoms with E-state index in [2.05, 4.69) is 0 Å². The molecule has 2 aromatic carbocycles. The van der Waals surface area contributed by atoms with Crippen molar-refractivity contribution in [1.29, 1.82) is 0 Å². The first-order valence-electron chi connectivity index (χ1n) is 8.70. The van der Waals surface area contributed by atoms with Crippen molar-refractivity contribution < 1.29 is 13.9 Å². The van der Waals surface area contributed by atoms with Crippen molar-refractivity contribution in [3.8, 4) is 5.75 Å². The summed E-state index contributed by atoms with van der Waals surface area (Å²) >= 11 is 5.56. The highest BCUT2D eigenvalue weighted by molar-refractivity contribution is 6.67. The van der Waals surface area contributed by atoms with Crippen molar-refractivity contribution in [3.05, 3.63) is 65.0 Å². The van der Waals surface area contributed by atoms with Crippen LogP contribution < -0.4 is 4.74 Å². The van der Waals surface area contributed by atoms with Crippen LogP contribution in [-0.2, 0) is 12.8 Å². The monoisotopic (exact) mass is 362 g/mol. The number of hydrogen-bond donors (Lipinski definition) is 0. The fourth-order valence-electron chi connectivity index (χ4n) is 2.92. The smallest absolute Gasteiger partial charge is 0.252 e. The van der Waals surface area contributed by atoms with Crippen LogP contribution in [0.1, 0.15) is 53.6 Å². The molecule has 0 heterocycles. The maximum absolute atomic E-state index is 13.1. The van der Waals surface area contributed by atoms with Gasteiger partial charge in [-0.05, 0) is 78.7 Å². The van der Waals surface area contributed by atoms with Gasteiger partial charge < -0.3 is 4.74 Å². The zero-order valence-corrected chi connectivity index (χ0v) is 15.3. The van der Waals surface area contributed by atoms with Gasteiger partial charge in [0.05, 0.1) is 7.11 Å². The van der Waals surface area contributed by atoms with E-state index in [4.69, 9.17) is 16.3 Å². The number of rotatable bonds is 10. The summed E-state index contributed by atoms with van der Waals surface area (Å²) in [7, 11) is 1.58. The highest BCUT2D eigenvalue weighted by Gasteiger charge is 2.07. The van der Waals surface area contributed by atoms with Gasteiger partial charge in [0.2, 0.25) is 0 Å². The molecule has 4 heteroatoms. The first kappa shape index (κ1) is 19.5. The third-order valence-corrected chi connectivity index (χ3v) is 4.47. The Hall–Kier alpha value is -1.87. The minimum absolute atomic E-state index is 0.161. The summed E-state index contributed by atoms with van der Waals surface area (Å²) in [6.07, 6.45) is 7.38. The maximum atomic E-state index is 13.1. The van der Waals surface area contributed by atoms with E-state index in [1.54, 1.807) is 25.3 Å². The topological polar surface area (TPSA) is 26.3 Å². The summed E-state index contributed by atoms with van der Waals surface area (Å²) in [5.41, 5.74) is 2.61. The van der Waals surface area contributed by atoms with E-state index >= 15 is 0 Å². The summed E-state index contributed by atoms with van der Waals surface area (Å²) in [4.78, 5) is 11.3. The summed E-state index contributed by atoms with van der Waals surface area (Å²) in [5.74, 6) is 0.502. The molecule has 25 heavy (non-hydrogen) atoms. The molecule has 0 aliphatic rings. The second kappa shape index (κ2) is 10.2. The van der Waals surface area contributed by atoms with E-state index in [1.807, 2.05) is 18.2 Å². The Kier molecular flexibility index (Phi) is 7.93. The van der Waals surface area contributed by atoms with Gasteiger partial charge in [0.25, 0.3) is 5.24 Å². The molecule has 0 radical (unpaired) electrons. The van der Waals surface area contributed by atoms with E-state index in [9.17, 15) is 9.18 Å². The van der Waals surface area contributed by atoms with Crippen LogP contribution in [-0.4, -0.2) is 12.4 Å². The molecule has 0 amide bonds. The molecule has 0 bridgehead atoms. The fourth-order valence-corrected chi connectivity index (χ4v) is 3.03. The SMILES string of the molecule is COc1cc(CCCCCCCc2cccc(F)c2)cc(C(=O)Cl)c1. The molecule has 0 aliphatic heterocycles. The van der Waals surface area contributed by atoms with Crippen LogP contribution in [0.25, 0.3) is 0 Å². The molecule has 134 valence electrons. The molecule has 2 nitrogen and oxygen atoms in total. The van der Waals surface area contributed by atoms with Crippen LogP contribution in [0.4, 0.5) is 4.39 Å². The number of benzene rings is 2. The Morgan fingerprint density at radius 2 is 1.64 bits per heavy atom. The number of ether oxygens (including phenoxy) is 1. The number of aryl methyl sites for hydroxylation is 2. The molecule has 2 aromatic rings. The minimum atomic E-state index is -0.461. The standard InChI is InChI=1S/C21H24ClFO2/c1-25-20-14-17(12-18(15-20)21(22)24)9-6-4-2-3-5-8-16-10-7-11-19(23)13-16/h7,10-15H,2-6,8-9H2,1H3. The highest BCUT2D eigenvalue weighted by Crippen LogP contribution is 2.20. The molecule has 0 N–H and O–H groups in total. The van der Waals surface area contributed by atoms with Gasteiger partial charge in [-0.1, -0.05) is 31.4 Å². The van der Waals surface area contributed by atoms with Gasteiger partial charge in [0, 0.05) is 5.56 Å². The molecule has 0 spiro atoms. The van der Waals surface area contributed by atoms with Gasteiger partial charge in [-0.2, -0.15) is 0 Å². The van der Waals surface area contributed by atoms with Gasteiger partial charge in [-0.3, -0.25) is 4.79 Å². The molecule has 0 saturated carbocycles. The molecular weight excluding hydrogens is 339 g/mol. The molecule has 2 rings (SSSR count). The van der Waals surface area contributed by atoms with Crippen LogP contribution in [0.15, 0.2) is 42.5 Å². The van der Waals surface area contributed by atoms with Crippen molar-refractivity contribution in [2.45, 2.75) is 44.9 Å². The van der Waals surface area contributed by atoms with Crippen LogP contribution >= 0.6 is 11.6 Å². The molecule has 0 fully saturated rings. The lowest BCUT2D eigenvalue weighted by Crippen LogP contribution is -1.95. The lowest BCUT2D eigenvalue weighted by atomic mass is 10.0. The fraction of sp³-hybridized carbons (Fsp3) is 0.381. The largest absolute Gasteiger partial charge is 0.497 e. The van der Waals surface area contributed by atoms with Crippen molar-refractivity contribution >= 4 is 16.8 Å². The second-order valence-electron chi connectivity index (χ2n) is 6.24. The zero-order valence-electron chi connectivity index (χ0n) is 14.6. The maximum Gasteiger partial charge on any atom is 0.252 e. The van der Waals surface area contributed by atoms with Gasteiger partial charge in [-0.15, -0.1) is 0 Å². The van der Waals surface area contributed by atoms with Gasteiger partial charge in [-0.25, -0.2) is 4.39 Å². The number of carbonyl (C=O) groups is 1. The number of halogens is 2. The number of unbranched alkanes of at least 4 members (excludes halogenated alkanes) is 4. The van der Waals surface area contributed by atoms with Crippen molar-refractivity contribution in [2.75, 3.05) is 7.11 Å². The van der Waals surface area contributed by atoms with Crippen LogP contribution in [0.5, 0.6) is 5.75 Å². The first-order chi connectivity index (χ1) is 12.1. The van der Waals surface area contributed by atoms with Crippen LogP contribution in [0.2, 0.25) is 0 Å². The number of methoxy groups -OCH3 is 1. The summed E-state index contributed by atoms with van der Waals surface area (Å²) in [5, 5.41) is -0.461. The highest BCUT2D eigenvalue weighted by atomic mass is 35.5. The van der Waals surface area contributed by atoms with Crippen molar-refractivity contribution in [3.63, 3.8) is 0 Å². The number of hydrogen-bond acceptors (Lipinski definition) is 2. The molecule has 0 saturated heterocycles. The Balaban J connectivity index is 1.67. The zero-order chi connectivity index (χ0) is 18.1. The van der Waals surface area contributed by atoms with E-state index in [1.165, 1.54) is 6.07 Å². The summed E-state index contributed by atoms with van der Waals surface area (Å²) < 4.78 is 18.3. The lowest BCUT2D eigenvalue weighted by Gasteiger charge is -2.07. The lowest BCUT2D eigenvalue weighted by molar-refractivity contribution is 0.108. The Labute approximate surface area is 154 Å². The van der Waals surface area contributed by atoms with Crippen LogP contribution in [0, 0.1) is 5.82 Å². The Bertz CT molecular complexity index is 700. The quantitative estimate of drug-likeness (QED) is 0.385. The summed E-state index contributed by atoms with van der Waals surface area (Å²) in [6, 6.07) is 12.3. The van der Waals surface area contributed by atoms with Gasteiger partial charge in [0.15, 0.2) is 0 Å². The molecule has 0 unspecified atom stereocenters. The average Bonchev–Trinajstić information content (AvgIpc) is 2.60. The third-order valence-electron chi connectivity index (χ3n) is 4.25. The summed E-state index contributed by atoms with van der Waals surface area (Å²) in [6.45, 7) is 0. The van der Waals surface area contributed by atoms with Gasteiger partial charge >= 0.3 is 0 Å². The first-order valence-corrected chi connectivity index (χ1v) is 9.08. The predicted octanol–water partition coefficient (Wildman–Crippen LogP) is 5.95. The van der Waals surface area contributed by atoms with E-state index in [-0.39, 0.29) is 5.82 Å². The minimum Gasteiger partial charge on any atom is -0.497 e. The van der Waals surface area contributed by atoms with Gasteiger partial charge in [0.1, 0.15) is 11.6 Å². The molecule has 0 atom stereocenters. The van der Waals surface area contributed by atoms with E-state index in [0.717, 1.165) is 56.1 Å². The number of carbonyl (C=O) groups excluding carboxylic acids is 1. The predicted molar refractivity (Wildman–Crippen MR) is 100 cm³/mol. The average molecular weight is 363 g/mol. The van der Waals surface area contributed by atoms with Crippen LogP contribution in [0.3, 0.4) is 0 Å². The molecule has 0 aliphatic carbocycles. The molecular formula is C21H24ClFO2. The normalized spacial score (nSPS) is 10.7. The Morgan fingerprint density at radius 3 is 2.28 bits per heavy atom. The van der Waals surface area contributed by atoms with Crippen molar-refractivity contribution in [2.24, 2.45) is 0 Å². The second-order valence-corrected chi connectivity index (χ2v) is 6.58. The Morgan fingerprint density at radius 1 is 0.960 bits per heavy atom. The van der Waals surface area contributed by atoms with Crippen molar-refractivity contribution in [1.82, 2.24) is 0 Å². The third kappa shape index (κ3) is 6.87. The van der Waals surface area contributed by atoms with E-state index < -0.39 is 5.24 Å². The van der Waals surface area contributed by atoms with E-state index in [0.29, 0.717) is 11.3 Å². The molecule has 0 aromatic heterocycles.